The van der Waals surface area contributed by atoms with Crippen molar-refractivity contribution in [3.05, 3.63) is 0 Å². The molecule has 0 aromatic rings. The second-order valence-corrected chi connectivity index (χ2v) is 3.12. The van der Waals surface area contributed by atoms with E-state index in [0.717, 1.165) is 0 Å². The van der Waals surface area contributed by atoms with Crippen molar-refractivity contribution in [2.24, 2.45) is 0 Å². The molecule has 0 amide bonds. The molecule has 0 heterocycles. The van der Waals surface area contributed by atoms with Crippen LogP contribution in [0.15, 0.2) is 0 Å². The topological polar surface area (TPSA) is 47.6 Å². The first-order valence-corrected chi connectivity index (χ1v) is 5.10. The van der Waals surface area contributed by atoms with Crippen LogP contribution in [-0.4, -0.2) is 38.4 Å². The van der Waals surface area contributed by atoms with Gasteiger partial charge in [-0.3, -0.25) is 0 Å². The number of hydrogen-bond acceptors (Lipinski definition) is 4. The van der Waals surface area contributed by atoms with Gasteiger partial charge in [-0.25, -0.2) is 4.79 Å². The minimum atomic E-state index is -0.325. The molecule has 1 N–H and O–H groups in total. The number of carbonyl (C=O) groups excluding carboxylic acids is 1. The molecular formula is C11H19NO3. The highest BCUT2D eigenvalue weighted by Crippen LogP contribution is 1.87. The Balaban J connectivity index is 3.25. The molecule has 1 unspecified atom stereocenters. The Morgan fingerprint density at radius 1 is 1.60 bits per heavy atom. The summed E-state index contributed by atoms with van der Waals surface area (Å²) in [4.78, 5) is 10.8. The van der Waals surface area contributed by atoms with Gasteiger partial charge >= 0.3 is 5.97 Å². The van der Waals surface area contributed by atoms with Gasteiger partial charge in [0.05, 0.1) is 13.2 Å². The Morgan fingerprint density at radius 2 is 2.33 bits per heavy atom. The highest BCUT2D eigenvalue weighted by molar-refractivity contribution is 5.70. The number of carbonyl (C=O) groups is 1. The molecular weight excluding hydrogens is 194 g/mol. The monoisotopic (exact) mass is 213 g/mol. The minimum absolute atomic E-state index is 0.0129. The van der Waals surface area contributed by atoms with Crippen molar-refractivity contribution < 1.29 is 14.3 Å². The van der Waals surface area contributed by atoms with Gasteiger partial charge in [-0.2, -0.15) is 0 Å². The Kier molecular flexibility index (Phi) is 8.84. The quantitative estimate of drug-likeness (QED) is 0.364. The molecule has 0 spiro atoms. The largest absolute Gasteiger partial charge is 0.464 e. The molecule has 0 aromatic carbocycles. The van der Waals surface area contributed by atoms with Gasteiger partial charge in [0.15, 0.2) is 0 Å². The van der Waals surface area contributed by atoms with Crippen LogP contribution in [0, 0.1) is 12.3 Å². The van der Waals surface area contributed by atoms with E-state index >= 15 is 0 Å². The van der Waals surface area contributed by atoms with Crippen LogP contribution >= 0.6 is 0 Å². The first-order chi connectivity index (χ1) is 7.20. The maximum Gasteiger partial charge on any atom is 0.332 e. The van der Waals surface area contributed by atoms with Gasteiger partial charge in [0.2, 0.25) is 0 Å². The molecule has 0 aliphatic carbocycles. The van der Waals surface area contributed by atoms with E-state index in [9.17, 15) is 4.79 Å². The molecule has 0 fully saturated rings. The van der Waals surface area contributed by atoms with Gasteiger partial charge in [0.25, 0.3) is 0 Å². The van der Waals surface area contributed by atoms with Crippen LogP contribution in [-0.2, 0) is 14.3 Å². The third-order valence-corrected chi connectivity index (χ3v) is 1.69. The zero-order valence-corrected chi connectivity index (χ0v) is 9.41. The van der Waals surface area contributed by atoms with Gasteiger partial charge in [-0.05, 0) is 13.8 Å². The van der Waals surface area contributed by atoms with E-state index in [1.165, 1.54) is 0 Å². The molecule has 86 valence electrons. The van der Waals surface area contributed by atoms with E-state index < -0.39 is 0 Å². The van der Waals surface area contributed by atoms with Crippen molar-refractivity contribution in [1.29, 1.82) is 0 Å². The predicted octanol–water partition coefficient (Wildman–Crippen LogP) is 0.567. The van der Waals surface area contributed by atoms with Crippen LogP contribution in [0.2, 0.25) is 0 Å². The Hall–Kier alpha value is -1.05. The van der Waals surface area contributed by atoms with E-state index in [-0.39, 0.29) is 18.6 Å². The molecule has 0 aliphatic rings. The normalized spacial score (nSPS) is 11.8. The number of nitrogens with one attached hydrogen (secondary N) is 1. The average molecular weight is 213 g/mol. The van der Waals surface area contributed by atoms with Crippen LogP contribution in [0.3, 0.4) is 0 Å². The molecule has 0 aromatic heterocycles. The van der Waals surface area contributed by atoms with Crippen molar-refractivity contribution in [2.75, 3.05) is 26.4 Å². The highest BCUT2D eigenvalue weighted by Gasteiger charge is 2.01. The lowest BCUT2D eigenvalue weighted by atomic mass is 10.2. The average Bonchev–Trinajstić information content (AvgIpc) is 2.18. The van der Waals surface area contributed by atoms with Crippen LogP contribution in [0.4, 0.5) is 0 Å². The number of rotatable bonds is 8. The summed E-state index contributed by atoms with van der Waals surface area (Å²) in [6.45, 7) is 5.33. The van der Waals surface area contributed by atoms with Gasteiger partial charge < -0.3 is 14.8 Å². The number of esters is 1. The highest BCUT2D eigenvalue weighted by atomic mass is 16.6. The standard InChI is InChI=1S/C11H19NO3/c1-4-6-10(3)12-7-8-14-9-11(13)15-5-2/h1,10,12H,5-9H2,2-3H3. The lowest BCUT2D eigenvalue weighted by molar-refractivity contribution is -0.148. The zero-order chi connectivity index (χ0) is 11.5. The van der Waals surface area contributed by atoms with Crippen molar-refractivity contribution in [3.8, 4) is 12.3 Å². The number of hydrogen-bond donors (Lipinski definition) is 1. The molecule has 1 atom stereocenters. The van der Waals surface area contributed by atoms with Crippen molar-refractivity contribution in [2.45, 2.75) is 26.3 Å². The molecule has 0 bridgehead atoms. The van der Waals surface area contributed by atoms with Gasteiger partial charge in [0, 0.05) is 19.0 Å². The number of ether oxygens (including phenoxy) is 2. The first kappa shape index (κ1) is 13.9. The molecule has 0 aliphatic heterocycles. The second-order valence-electron chi connectivity index (χ2n) is 3.12. The van der Waals surface area contributed by atoms with Gasteiger partial charge in [0.1, 0.15) is 6.61 Å². The van der Waals surface area contributed by atoms with Crippen LogP contribution in [0.25, 0.3) is 0 Å². The Labute approximate surface area is 91.3 Å². The summed E-state index contributed by atoms with van der Waals surface area (Å²) >= 11 is 0. The minimum Gasteiger partial charge on any atom is -0.464 e. The summed E-state index contributed by atoms with van der Waals surface area (Å²) in [6, 6.07) is 0.279. The maximum atomic E-state index is 10.8. The van der Waals surface area contributed by atoms with Crippen LogP contribution in [0.5, 0.6) is 0 Å². The van der Waals surface area contributed by atoms with Crippen LogP contribution in [0.1, 0.15) is 20.3 Å². The lowest BCUT2D eigenvalue weighted by Crippen LogP contribution is -2.29. The van der Waals surface area contributed by atoms with E-state index in [4.69, 9.17) is 15.9 Å². The first-order valence-electron chi connectivity index (χ1n) is 5.10. The van der Waals surface area contributed by atoms with Crippen molar-refractivity contribution in [3.63, 3.8) is 0 Å². The summed E-state index contributed by atoms with van der Waals surface area (Å²) in [5.74, 6) is 2.24. The zero-order valence-electron chi connectivity index (χ0n) is 9.41. The molecule has 4 nitrogen and oxygen atoms in total. The molecule has 4 heteroatoms. The fourth-order valence-electron chi connectivity index (χ4n) is 0.985. The molecule has 0 rings (SSSR count). The molecule has 0 saturated carbocycles. The van der Waals surface area contributed by atoms with E-state index in [0.29, 0.717) is 26.2 Å². The summed E-state index contributed by atoms with van der Waals surface area (Å²) in [7, 11) is 0. The fourth-order valence-corrected chi connectivity index (χ4v) is 0.985. The van der Waals surface area contributed by atoms with Crippen LogP contribution < -0.4 is 5.32 Å². The van der Waals surface area contributed by atoms with E-state index in [2.05, 4.69) is 11.2 Å². The molecule has 15 heavy (non-hydrogen) atoms. The number of terminal acetylenes is 1. The Morgan fingerprint density at radius 3 is 2.93 bits per heavy atom. The summed E-state index contributed by atoms with van der Waals surface area (Å²) in [6.07, 6.45) is 5.84. The van der Waals surface area contributed by atoms with E-state index in [1.54, 1.807) is 6.92 Å². The SMILES string of the molecule is C#CCC(C)NCCOCC(=O)OCC. The summed E-state index contributed by atoms with van der Waals surface area (Å²) < 4.78 is 9.79. The van der Waals surface area contributed by atoms with E-state index in [1.807, 2.05) is 6.92 Å². The third-order valence-electron chi connectivity index (χ3n) is 1.69. The third kappa shape index (κ3) is 9.26. The molecule has 0 radical (unpaired) electrons. The lowest BCUT2D eigenvalue weighted by Gasteiger charge is -2.10. The summed E-state index contributed by atoms with van der Waals surface area (Å²) in [5.41, 5.74) is 0. The predicted molar refractivity (Wildman–Crippen MR) is 58.4 cm³/mol. The van der Waals surface area contributed by atoms with Gasteiger partial charge in [-0.15, -0.1) is 12.3 Å². The fraction of sp³-hybridized carbons (Fsp3) is 0.727. The maximum absolute atomic E-state index is 10.8. The second kappa shape index (κ2) is 9.50. The smallest absolute Gasteiger partial charge is 0.332 e. The Bertz CT molecular complexity index is 210. The van der Waals surface area contributed by atoms with Crippen molar-refractivity contribution in [1.82, 2.24) is 5.32 Å². The van der Waals surface area contributed by atoms with Gasteiger partial charge in [-0.1, -0.05) is 0 Å². The summed E-state index contributed by atoms with van der Waals surface area (Å²) in [5, 5.41) is 3.17. The molecule has 0 saturated heterocycles. The van der Waals surface area contributed by atoms with Crippen molar-refractivity contribution >= 4 is 5.97 Å².